The van der Waals surface area contributed by atoms with Crippen LogP contribution in [0.2, 0.25) is 0 Å². The smallest absolute Gasteiger partial charge is 0.358 e. The first-order valence-electron chi connectivity index (χ1n) is 11.1. The van der Waals surface area contributed by atoms with Gasteiger partial charge in [-0.05, 0) is 38.9 Å². The molecule has 0 aromatic carbocycles. The number of nitrogens with zero attached hydrogens (tertiary/aromatic N) is 5. The van der Waals surface area contributed by atoms with Crippen molar-refractivity contribution in [2.45, 2.75) is 45.6 Å². The van der Waals surface area contributed by atoms with Crippen molar-refractivity contribution in [2.75, 3.05) is 0 Å². The van der Waals surface area contributed by atoms with E-state index in [1.165, 1.54) is 6.07 Å². The molecule has 1 N–H and O–H groups in total. The van der Waals surface area contributed by atoms with E-state index in [2.05, 4.69) is 25.3 Å². The van der Waals surface area contributed by atoms with Crippen LogP contribution in [0.5, 0.6) is 0 Å². The normalized spacial score (nSPS) is 20.6. The van der Waals surface area contributed by atoms with E-state index in [1.807, 2.05) is 0 Å². The maximum Gasteiger partial charge on any atom is 0.419 e. The van der Waals surface area contributed by atoms with Crippen molar-refractivity contribution in [1.29, 1.82) is 0 Å². The number of rotatable bonds is 2. The molecule has 4 aromatic heterocycles. The van der Waals surface area contributed by atoms with Crippen molar-refractivity contribution in [3.8, 4) is 22.5 Å². The van der Waals surface area contributed by atoms with Gasteiger partial charge in [-0.25, -0.2) is 9.37 Å². The molecule has 1 unspecified atom stereocenters. The number of aryl methyl sites for hydroxylation is 2. The fraction of sp³-hybridized carbons (Fsp3) is 0.333. The third-order valence-electron chi connectivity index (χ3n) is 5.42. The molecule has 1 atom stereocenters. The van der Waals surface area contributed by atoms with Crippen LogP contribution in [-0.4, -0.2) is 41.7 Å². The van der Waals surface area contributed by atoms with Gasteiger partial charge in [0.25, 0.3) is 0 Å². The highest BCUT2D eigenvalue weighted by Crippen LogP contribution is 2.44. The van der Waals surface area contributed by atoms with Crippen LogP contribution in [-0.2, 0) is 17.9 Å². The van der Waals surface area contributed by atoms with E-state index >= 15 is 0 Å². The summed E-state index contributed by atoms with van der Waals surface area (Å²) in [4.78, 5) is 8.45. The summed E-state index contributed by atoms with van der Waals surface area (Å²) < 4.78 is 84.7. The lowest BCUT2D eigenvalue weighted by Crippen LogP contribution is -2.51. The van der Waals surface area contributed by atoms with Crippen LogP contribution in [0.1, 0.15) is 28.0 Å². The van der Waals surface area contributed by atoms with Crippen LogP contribution in [0.25, 0.3) is 33.5 Å². The SMILES string of the molecule is [2H]C([2H])([2H])C1(C(F)(F)F)Cn2nc(-c3ccc(F)cn3)c(-c3cc(C)nc4n[nH]c(C)c34)c2CO1. The molecule has 0 aliphatic carbocycles. The molecule has 0 radical (unpaired) electrons. The zero-order valence-electron chi connectivity index (χ0n) is 19.9. The first kappa shape index (κ1) is 17.2. The van der Waals surface area contributed by atoms with Crippen LogP contribution in [0, 0.1) is 19.7 Å². The second-order valence-corrected chi connectivity index (χ2v) is 7.66. The molecule has 11 heteroatoms. The molecule has 5 rings (SSSR count). The van der Waals surface area contributed by atoms with E-state index < -0.39 is 37.6 Å². The molecule has 1 aliphatic heterocycles. The molecule has 0 saturated heterocycles. The Bertz CT molecular complexity index is 1430. The van der Waals surface area contributed by atoms with Gasteiger partial charge in [0.15, 0.2) is 11.2 Å². The lowest BCUT2D eigenvalue weighted by atomic mass is 9.96. The lowest BCUT2D eigenvalue weighted by Gasteiger charge is -2.36. The molecule has 0 saturated carbocycles. The van der Waals surface area contributed by atoms with Gasteiger partial charge in [0.2, 0.25) is 0 Å². The predicted molar refractivity (Wildman–Crippen MR) is 107 cm³/mol. The highest BCUT2D eigenvalue weighted by Gasteiger charge is 2.55. The minimum atomic E-state index is -5.20. The van der Waals surface area contributed by atoms with Gasteiger partial charge >= 0.3 is 6.18 Å². The quantitative estimate of drug-likeness (QED) is 0.456. The molecular formula is C21H18F4N6O. The van der Waals surface area contributed by atoms with E-state index in [1.54, 1.807) is 19.9 Å². The summed E-state index contributed by atoms with van der Waals surface area (Å²) >= 11 is 0. The number of aromatic nitrogens is 6. The van der Waals surface area contributed by atoms with Gasteiger partial charge < -0.3 is 4.74 Å². The lowest BCUT2D eigenvalue weighted by molar-refractivity contribution is -0.287. The molecular weight excluding hydrogens is 428 g/mol. The molecule has 1 aliphatic rings. The van der Waals surface area contributed by atoms with Crippen LogP contribution in [0.3, 0.4) is 0 Å². The van der Waals surface area contributed by atoms with Crippen LogP contribution >= 0.6 is 0 Å². The summed E-state index contributed by atoms with van der Waals surface area (Å²) in [7, 11) is 0. The monoisotopic (exact) mass is 449 g/mol. The van der Waals surface area contributed by atoms with Gasteiger partial charge in [0.1, 0.15) is 11.5 Å². The van der Waals surface area contributed by atoms with Crippen molar-refractivity contribution >= 4 is 11.0 Å². The Balaban J connectivity index is 1.81. The summed E-state index contributed by atoms with van der Waals surface area (Å²) in [6.07, 6.45) is -4.23. The van der Waals surface area contributed by atoms with Gasteiger partial charge in [0, 0.05) is 32.0 Å². The largest absolute Gasteiger partial charge is 0.419 e. The number of alkyl halides is 3. The predicted octanol–water partition coefficient (Wildman–Crippen LogP) is 4.49. The van der Waals surface area contributed by atoms with E-state index in [0.717, 1.165) is 16.9 Å². The third-order valence-corrected chi connectivity index (χ3v) is 5.42. The van der Waals surface area contributed by atoms with E-state index in [9.17, 15) is 17.6 Å². The number of ether oxygens (including phenoxy) is 1. The topological polar surface area (TPSA) is 81.5 Å². The molecule has 5 heterocycles. The minimum Gasteiger partial charge on any atom is -0.358 e. The highest BCUT2D eigenvalue weighted by atomic mass is 19.4. The average molecular weight is 449 g/mol. The maximum atomic E-state index is 14.1. The van der Waals surface area contributed by atoms with E-state index in [4.69, 9.17) is 8.85 Å². The van der Waals surface area contributed by atoms with Crippen molar-refractivity contribution in [2.24, 2.45) is 0 Å². The van der Waals surface area contributed by atoms with Crippen LogP contribution < -0.4 is 0 Å². The first-order valence-corrected chi connectivity index (χ1v) is 9.57. The highest BCUT2D eigenvalue weighted by molar-refractivity contribution is 5.99. The number of hydrogen-bond acceptors (Lipinski definition) is 5. The summed E-state index contributed by atoms with van der Waals surface area (Å²) in [6, 6.07) is 4.23. The van der Waals surface area contributed by atoms with Crippen molar-refractivity contribution in [3.63, 3.8) is 0 Å². The molecule has 0 amide bonds. The Hall–Kier alpha value is -3.34. The number of halogens is 4. The second-order valence-electron chi connectivity index (χ2n) is 7.66. The number of fused-ring (bicyclic) bond motifs is 2. The number of pyridine rings is 2. The Morgan fingerprint density at radius 1 is 1.28 bits per heavy atom. The van der Waals surface area contributed by atoms with Crippen molar-refractivity contribution in [3.05, 3.63) is 47.3 Å². The molecule has 0 spiro atoms. The second kappa shape index (κ2) is 6.83. The summed E-state index contributed by atoms with van der Waals surface area (Å²) in [6.45, 7) is -1.78. The van der Waals surface area contributed by atoms with Gasteiger partial charge in [-0.1, -0.05) is 0 Å². The number of hydrogen-bond donors (Lipinski definition) is 1. The van der Waals surface area contributed by atoms with Crippen LogP contribution in [0.15, 0.2) is 24.4 Å². The molecule has 0 fully saturated rings. The number of aromatic amines is 1. The van der Waals surface area contributed by atoms with Gasteiger partial charge in [0.05, 0.1) is 30.7 Å². The summed E-state index contributed by atoms with van der Waals surface area (Å²) in [5.41, 5.74) is -0.312. The average Bonchev–Trinajstić information content (AvgIpc) is 3.32. The fourth-order valence-corrected chi connectivity index (χ4v) is 3.87. The van der Waals surface area contributed by atoms with E-state index in [-0.39, 0.29) is 17.1 Å². The van der Waals surface area contributed by atoms with Gasteiger partial charge in [-0.2, -0.15) is 23.4 Å². The third kappa shape index (κ3) is 3.07. The van der Waals surface area contributed by atoms with Gasteiger partial charge in [-0.3, -0.25) is 14.8 Å². The Morgan fingerprint density at radius 3 is 2.78 bits per heavy atom. The Morgan fingerprint density at radius 2 is 2.09 bits per heavy atom. The Kier molecular flexibility index (Phi) is 3.68. The summed E-state index contributed by atoms with van der Waals surface area (Å²) in [5, 5.41) is 12.0. The van der Waals surface area contributed by atoms with Gasteiger partial charge in [-0.15, -0.1) is 0 Å². The standard InChI is InChI=1S/C21H18F4N6O/c1-10-6-13(16-11(2)28-29-19(16)27-10)17-15-8-32-20(3,21(23,24)25)9-31(15)30-18(17)14-5-4-12(22)7-26-14/h4-7H,8-9H2,1-3H3,(H,27,28,29)/i3D3. The number of nitrogens with one attached hydrogen (secondary N) is 1. The molecule has 166 valence electrons. The Labute approximate surface area is 183 Å². The fourth-order valence-electron chi connectivity index (χ4n) is 3.87. The molecule has 0 bridgehead atoms. The molecule has 4 aromatic rings. The van der Waals surface area contributed by atoms with Crippen molar-refractivity contribution in [1.82, 2.24) is 29.9 Å². The molecule has 32 heavy (non-hydrogen) atoms. The molecule has 7 nitrogen and oxygen atoms in total. The first-order chi connectivity index (χ1) is 16.3. The zero-order valence-corrected chi connectivity index (χ0v) is 16.9. The zero-order chi connectivity index (χ0) is 25.3. The summed E-state index contributed by atoms with van der Waals surface area (Å²) in [5.74, 6) is -0.603. The minimum absolute atomic E-state index is 0.152. The van der Waals surface area contributed by atoms with Crippen molar-refractivity contribution < 1.29 is 26.4 Å². The van der Waals surface area contributed by atoms with Crippen LogP contribution in [0.4, 0.5) is 17.6 Å². The maximum absolute atomic E-state index is 14.1. The number of H-pyrrole nitrogens is 1. The van der Waals surface area contributed by atoms with E-state index in [0.29, 0.717) is 33.5 Å².